The second-order valence-electron chi connectivity index (χ2n) is 6.23. The Morgan fingerprint density at radius 1 is 1.15 bits per heavy atom. The average molecular weight is 283 g/mol. The second-order valence-corrected chi connectivity index (χ2v) is 6.23. The van der Waals surface area contributed by atoms with Gasteiger partial charge in [-0.2, -0.15) is 0 Å². The number of nitrogens with one attached hydrogen (secondary N) is 1. The smallest absolute Gasteiger partial charge is 0.0594 e. The monoisotopic (exact) mass is 283 g/mol. The minimum atomic E-state index is 0.734. The van der Waals surface area contributed by atoms with E-state index in [1.807, 2.05) is 0 Å². The molecule has 118 valence electrons. The molecule has 2 atom stereocenters. The van der Waals surface area contributed by atoms with Crippen molar-refractivity contribution in [1.29, 1.82) is 0 Å². The number of nitrogens with zero attached hydrogens (tertiary/aromatic N) is 2. The Bertz CT molecular complexity index is 256. The molecular weight excluding hydrogens is 250 g/mol. The van der Waals surface area contributed by atoms with Gasteiger partial charge >= 0.3 is 0 Å². The number of morpholine rings is 1. The summed E-state index contributed by atoms with van der Waals surface area (Å²) in [5, 5.41) is 3.62. The highest BCUT2D eigenvalue weighted by Crippen LogP contribution is 2.20. The predicted molar refractivity (Wildman–Crippen MR) is 84.2 cm³/mol. The quantitative estimate of drug-likeness (QED) is 0.684. The fourth-order valence-corrected chi connectivity index (χ4v) is 3.53. The molecule has 2 heterocycles. The summed E-state index contributed by atoms with van der Waals surface area (Å²) in [7, 11) is 0. The maximum Gasteiger partial charge on any atom is 0.0594 e. The van der Waals surface area contributed by atoms with Crippen LogP contribution in [0.15, 0.2) is 0 Å². The van der Waals surface area contributed by atoms with E-state index in [1.54, 1.807) is 0 Å². The topological polar surface area (TPSA) is 27.7 Å². The molecule has 2 saturated heterocycles. The van der Waals surface area contributed by atoms with Gasteiger partial charge in [0.2, 0.25) is 0 Å². The molecular formula is C16H33N3O. The first-order valence-electron chi connectivity index (χ1n) is 8.61. The summed E-state index contributed by atoms with van der Waals surface area (Å²) in [6.45, 7) is 13.5. The molecule has 2 fully saturated rings. The molecule has 2 aliphatic heterocycles. The Hall–Kier alpha value is -0.160. The first-order chi connectivity index (χ1) is 9.85. The molecule has 0 amide bonds. The van der Waals surface area contributed by atoms with Gasteiger partial charge in [-0.05, 0) is 25.8 Å². The number of ether oxygens (including phenoxy) is 1. The van der Waals surface area contributed by atoms with Gasteiger partial charge < -0.3 is 10.1 Å². The number of likely N-dealkylation sites (tertiary alicyclic amines) is 1. The molecule has 0 radical (unpaired) electrons. The Labute approximate surface area is 124 Å². The highest BCUT2D eigenvalue weighted by Gasteiger charge is 2.31. The molecule has 2 aliphatic rings. The van der Waals surface area contributed by atoms with E-state index in [4.69, 9.17) is 4.74 Å². The zero-order valence-corrected chi connectivity index (χ0v) is 13.4. The largest absolute Gasteiger partial charge is 0.379 e. The summed E-state index contributed by atoms with van der Waals surface area (Å²) in [5.41, 5.74) is 0. The third kappa shape index (κ3) is 4.69. The van der Waals surface area contributed by atoms with Crippen LogP contribution in [0.25, 0.3) is 0 Å². The van der Waals surface area contributed by atoms with Gasteiger partial charge in [-0.1, -0.05) is 20.3 Å². The van der Waals surface area contributed by atoms with Gasteiger partial charge in [-0.3, -0.25) is 9.80 Å². The first kappa shape index (κ1) is 16.2. The Morgan fingerprint density at radius 2 is 1.95 bits per heavy atom. The van der Waals surface area contributed by atoms with Gasteiger partial charge in [0, 0.05) is 44.8 Å². The van der Waals surface area contributed by atoms with Crippen LogP contribution in [0.4, 0.5) is 0 Å². The van der Waals surface area contributed by atoms with Crippen LogP contribution in [0.2, 0.25) is 0 Å². The lowest BCUT2D eigenvalue weighted by molar-refractivity contribution is 0.0175. The normalized spacial score (nSPS) is 27.0. The first-order valence-corrected chi connectivity index (χ1v) is 8.61. The number of rotatable bonds is 8. The van der Waals surface area contributed by atoms with Crippen molar-refractivity contribution in [1.82, 2.24) is 15.1 Å². The fourth-order valence-electron chi connectivity index (χ4n) is 3.53. The minimum absolute atomic E-state index is 0.734. The molecule has 0 saturated carbocycles. The zero-order chi connectivity index (χ0) is 14.2. The molecule has 2 rings (SSSR count). The van der Waals surface area contributed by atoms with Crippen LogP contribution in [0.5, 0.6) is 0 Å². The van der Waals surface area contributed by atoms with Crippen molar-refractivity contribution in [2.45, 2.75) is 51.6 Å². The third-order valence-electron chi connectivity index (χ3n) is 4.70. The van der Waals surface area contributed by atoms with E-state index in [0.29, 0.717) is 0 Å². The summed E-state index contributed by atoms with van der Waals surface area (Å²) in [6.07, 6.45) is 5.19. The van der Waals surface area contributed by atoms with Crippen molar-refractivity contribution in [2.75, 3.05) is 52.5 Å². The Morgan fingerprint density at radius 3 is 2.65 bits per heavy atom. The van der Waals surface area contributed by atoms with E-state index < -0.39 is 0 Å². The Balaban J connectivity index is 1.78. The van der Waals surface area contributed by atoms with Gasteiger partial charge in [0.15, 0.2) is 0 Å². The lowest BCUT2D eigenvalue weighted by Gasteiger charge is -2.33. The van der Waals surface area contributed by atoms with Crippen LogP contribution in [0.3, 0.4) is 0 Å². The van der Waals surface area contributed by atoms with Crippen LogP contribution in [0.1, 0.15) is 39.5 Å². The van der Waals surface area contributed by atoms with Crippen molar-refractivity contribution >= 4 is 0 Å². The fraction of sp³-hybridized carbons (Fsp3) is 1.00. The third-order valence-corrected chi connectivity index (χ3v) is 4.70. The van der Waals surface area contributed by atoms with Gasteiger partial charge in [-0.25, -0.2) is 0 Å². The molecule has 0 spiro atoms. The van der Waals surface area contributed by atoms with Crippen LogP contribution in [-0.2, 0) is 4.74 Å². The van der Waals surface area contributed by atoms with Crippen LogP contribution in [-0.4, -0.2) is 74.4 Å². The van der Waals surface area contributed by atoms with Gasteiger partial charge in [-0.15, -0.1) is 0 Å². The van der Waals surface area contributed by atoms with Crippen LogP contribution in [0, 0.1) is 0 Å². The molecule has 4 heteroatoms. The Kier molecular flexibility index (Phi) is 7.28. The molecule has 0 aliphatic carbocycles. The summed E-state index contributed by atoms with van der Waals surface area (Å²) >= 11 is 0. The molecule has 0 aromatic rings. The van der Waals surface area contributed by atoms with E-state index in [0.717, 1.165) is 51.5 Å². The zero-order valence-electron chi connectivity index (χ0n) is 13.4. The van der Waals surface area contributed by atoms with Crippen molar-refractivity contribution < 1.29 is 4.74 Å². The maximum absolute atomic E-state index is 5.47. The van der Waals surface area contributed by atoms with Crippen molar-refractivity contribution in [3.8, 4) is 0 Å². The average Bonchev–Trinajstić information content (AvgIpc) is 2.97. The SMILES string of the molecule is CCCNCC(CCC)N1CCC(N2CCOCC2)C1. The van der Waals surface area contributed by atoms with Gasteiger partial charge in [0.1, 0.15) is 0 Å². The lowest BCUT2D eigenvalue weighted by atomic mass is 10.1. The summed E-state index contributed by atoms with van der Waals surface area (Å²) in [4.78, 5) is 5.37. The van der Waals surface area contributed by atoms with Gasteiger partial charge in [0.05, 0.1) is 13.2 Å². The molecule has 4 nitrogen and oxygen atoms in total. The maximum atomic E-state index is 5.47. The molecule has 0 aromatic carbocycles. The van der Waals surface area contributed by atoms with Crippen molar-refractivity contribution in [3.05, 3.63) is 0 Å². The van der Waals surface area contributed by atoms with E-state index >= 15 is 0 Å². The van der Waals surface area contributed by atoms with Crippen molar-refractivity contribution in [2.24, 2.45) is 0 Å². The molecule has 2 unspecified atom stereocenters. The highest BCUT2D eigenvalue weighted by molar-refractivity contribution is 4.88. The molecule has 0 aromatic heterocycles. The van der Waals surface area contributed by atoms with E-state index in [1.165, 1.54) is 38.8 Å². The predicted octanol–water partition coefficient (Wildman–Crippen LogP) is 1.56. The molecule has 20 heavy (non-hydrogen) atoms. The standard InChI is InChI=1S/C16H33N3O/c1-3-5-15(13-17-7-4-2)19-8-6-16(14-19)18-9-11-20-12-10-18/h15-17H,3-14H2,1-2H3. The lowest BCUT2D eigenvalue weighted by Crippen LogP contribution is -2.47. The second kappa shape index (κ2) is 8.98. The highest BCUT2D eigenvalue weighted by atomic mass is 16.5. The minimum Gasteiger partial charge on any atom is -0.379 e. The van der Waals surface area contributed by atoms with E-state index in [-0.39, 0.29) is 0 Å². The van der Waals surface area contributed by atoms with Crippen LogP contribution < -0.4 is 5.32 Å². The van der Waals surface area contributed by atoms with Gasteiger partial charge in [0.25, 0.3) is 0 Å². The molecule has 1 N–H and O–H groups in total. The number of hydrogen-bond acceptors (Lipinski definition) is 4. The van der Waals surface area contributed by atoms with E-state index in [2.05, 4.69) is 29.0 Å². The van der Waals surface area contributed by atoms with Crippen LogP contribution >= 0.6 is 0 Å². The number of hydrogen-bond donors (Lipinski definition) is 1. The molecule has 0 bridgehead atoms. The summed E-state index contributed by atoms with van der Waals surface area (Å²) in [5.74, 6) is 0. The summed E-state index contributed by atoms with van der Waals surface area (Å²) in [6, 6.07) is 1.50. The van der Waals surface area contributed by atoms with Crippen molar-refractivity contribution in [3.63, 3.8) is 0 Å². The summed E-state index contributed by atoms with van der Waals surface area (Å²) < 4.78 is 5.47. The van der Waals surface area contributed by atoms with E-state index in [9.17, 15) is 0 Å².